The van der Waals surface area contributed by atoms with Crippen molar-refractivity contribution >= 4 is 40.5 Å². The SMILES string of the molecule is Cc1ccc(NC(=O)CNc2ccc(Cl)c(Cl)c2)c(C)c1. The summed E-state index contributed by atoms with van der Waals surface area (Å²) in [6.45, 7) is 4.14. The maximum atomic E-state index is 11.9. The van der Waals surface area contributed by atoms with Crippen molar-refractivity contribution in [3.8, 4) is 0 Å². The predicted octanol–water partition coefficient (Wildman–Crippen LogP) is 4.66. The molecule has 0 bridgehead atoms. The Kier molecular flexibility index (Phi) is 5.10. The highest BCUT2D eigenvalue weighted by molar-refractivity contribution is 6.42. The van der Waals surface area contributed by atoms with Crippen molar-refractivity contribution in [3.05, 3.63) is 57.6 Å². The van der Waals surface area contributed by atoms with E-state index in [1.165, 1.54) is 5.56 Å². The molecule has 0 saturated carbocycles. The highest BCUT2D eigenvalue weighted by atomic mass is 35.5. The fraction of sp³-hybridized carbons (Fsp3) is 0.188. The average Bonchev–Trinajstić information content (AvgIpc) is 2.43. The summed E-state index contributed by atoms with van der Waals surface area (Å²) in [6, 6.07) is 11.1. The lowest BCUT2D eigenvalue weighted by Crippen LogP contribution is -2.22. The average molecular weight is 323 g/mol. The van der Waals surface area contributed by atoms with Gasteiger partial charge in [0.25, 0.3) is 0 Å². The van der Waals surface area contributed by atoms with Crippen LogP contribution in [0.5, 0.6) is 0 Å². The van der Waals surface area contributed by atoms with Crippen LogP contribution < -0.4 is 10.6 Å². The minimum atomic E-state index is -0.118. The summed E-state index contributed by atoms with van der Waals surface area (Å²) in [7, 11) is 0. The minimum Gasteiger partial charge on any atom is -0.376 e. The van der Waals surface area contributed by atoms with Gasteiger partial charge >= 0.3 is 0 Å². The van der Waals surface area contributed by atoms with E-state index in [2.05, 4.69) is 10.6 Å². The fourth-order valence-electron chi connectivity index (χ4n) is 1.94. The lowest BCUT2D eigenvalue weighted by molar-refractivity contribution is -0.114. The van der Waals surface area contributed by atoms with Gasteiger partial charge in [-0.2, -0.15) is 0 Å². The first-order valence-corrected chi connectivity index (χ1v) is 7.27. The van der Waals surface area contributed by atoms with Gasteiger partial charge in [0, 0.05) is 11.4 Å². The number of amides is 1. The molecule has 0 atom stereocenters. The van der Waals surface area contributed by atoms with Crippen molar-refractivity contribution in [2.75, 3.05) is 17.2 Å². The molecule has 0 unspecified atom stereocenters. The molecule has 0 aromatic heterocycles. The zero-order valence-corrected chi connectivity index (χ0v) is 13.3. The first kappa shape index (κ1) is 15.7. The Morgan fingerprint density at radius 2 is 1.81 bits per heavy atom. The first-order valence-electron chi connectivity index (χ1n) is 6.52. The van der Waals surface area contributed by atoms with Gasteiger partial charge in [0.15, 0.2) is 0 Å². The summed E-state index contributed by atoms with van der Waals surface area (Å²) in [6.07, 6.45) is 0. The lowest BCUT2D eigenvalue weighted by atomic mass is 10.1. The lowest BCUT2D eigenvalue weighted by Gasteiger charge is -2.11. The summed E-state index contributed by atoms with van der Waals surface area (Å²) in [5.74, 6) is -0.118. The zero-order chi connectivity index (χ0) is 15.4. The molecule has 2 aromatic carbocycles. The van der Waals surface area contributed by atoms with Gasteiger partial charge in [0.1, 0.15) is 0 Å². The maximum Gasteiger partial charge on any atom is 0.243 e. The summed E-state index contributed by atoms with van der Waals surface area (Å²) in [5.41, 5.74) is 3.78. The Morgan fingerprint density at radius 1 is 1.05 bits per heavy atom. The standard InChI is InChI=1S/C16H16Cl2N2O/c1-10-3-6-15(11(2)7-10)20-16(21)9-19-12-4-5-13(17)14(18)8-12/h3-8,19H,9H2,1-2H3,(H,20,21). The van der Waals surface area contributed by atoms with Crippen molar-refractivity contribution < 1.29 is 4.79 Å². The van der Waals surface area contributed by atoms with Crippen LogP contribution in [-0.2, 0) is 4.79 Å². The molecule has 110 valence electrons. The topological polar surface area (TPSA) is 41.1 Å². The van der Waals surface area contributed by atoms with Crippen LogP contribution in [-0.4, -0.2) is 12.5 Å². The van der Waals surface area contributed by atoms with Crippen molar-refractivity contribution in [3.63, 3.8) is 0 Å². The molecule has 21 heavy (non-hydrogen) atoms. The number of hydrogen-bond donors (Lipinski definition) is 2. The van der Waals surface area contributed by atoms with Crippen molar-refractivity contribution in [2.24, 2.45) is 0 Å². The van der Waals surface area contributed by atoms with E-state index in [-0.39, 0.29) is 12.5 Å². The smallest absolute Gasteiger partial charge is 0.243 e. The van der Waals surface area contributed by atoms with E-state index in [0.29, 0.717) is 10.0 Å². The molecule has 0 aliphatic rings. The van der Waals surface area contributed by atoms with Crippen molar-refractivity contribution in [1.29, 1.82) is 0 Å². The molecule has 2 N–H and O–H groups in total. The van der Waals surface area contributed by atoms with Crippen LogP contribution in [0.15, 0.2) is 36.4 Å². The normalized spacial score (nSPS) is 10.3. The Hall–Kier alpha value is -1.71. The van der Waals surface area contributed by atoms with Gasteiger partial charge in [0.2, 0.25) is 5.91 Å². The van der Waals surface area contributed by atoms with Crippen LogP contribution in [0.25, 0.3) is 0 Å². The number of aryl methyl sites for hydroxylation is 2. The molecule has 0 aliphatic heterocycles. The van der Waals surface area contributed by atoms with E-state index < -0.39 is 0 Å². The van der Waals surface area contributed by atoms with Crippen LogP contribution in [0.4, 0.5) is 11.4 Å². The zero-order valence-electron chi connectivity index (χ0n) is 11.8. The number of nitrogens with one attached hydrogen (secondary N) is 2. The quantitative estimate of drug-likeness (QED) is 0.859. The van der Waals surface area contributed by atoms with Gasteiger partial charge in [-0.25, -0.2) is 0 Å². The van der Waals surface area contributed by atoms with Gasteiger partial charge in [0.05, 0.1) is 16.6 Å². The minimum absolute atomic E-state index is 0.118. The summed E-state index contributed by atoms with van der Waals surface area (Å²) in [5, 5.41) is 6.82. The maximum absolute atomic E-state index is 11.9. The van der Waals surface area contributed by atoms with E-state index >= 15 is 0 Å². The molecule has 0 aliphatic carbocycles. The number of carbonyl (C=O) groups is 1. The highest BCUT2D eigenvalue weighted by Crippen LogP contribution is 2.24. The van der Waals surface area contributed by atoms with Gasteiger partial charge in [-0.1, -0.05) is 40.9 Å². The Balaban J connectivity index is 1.94. The summed E-state index contributed by atoms with van der Waals surface area (Å²) < 4.78 is 0. The number of hydrogen-bond acceptors (Lipinski definition) is 2. The monoisotopic (exact) mass is 322 g/mol. The van der Waals surface area contributed by atoms with Crippen LogP contribution in [0.1, 0.15) is 11.1 Å². The molecule has 5 heteroatoms. The molecule has 2 rings (SSSR count). The van der Waals surface area contributed by atoms with Crippen LogP contribution in [0, 0.1) is 13.8 Å². The molecule has 0 radical (unpaired) electrons. The fourth-order valence-corrected chi connectivity index (χ4v) is 2.23. The van der Waals surface area contributed by atoms with E-state index in [1.54, 1.807) is 18.2 Å². The molecular weight excluding hydrogens is 307 g/mol. The number of halogens is 2. The van der Waals surface area contributed by atoms with Gasteiger partial charge in [-0.05, 0) is 43.7 Å². The van der Waals surface area contributed by atoms with Crippen LogP contribution >= 0.6 is 23.2 Å². The largest absolute Gasteiger partial charge is 0.376 e. The van der Waals surface area contributed by atoms with Gasteiger partial charge in [-0.15, -0.1) is 0 Å². The number of benzene rings is 2. The second-order valence-electron chi connectivity index (χ2n) is 4.85. The molecular formula is C16H16Cl2N2O. The van der Waals surface area contributed by atoms with E-state index in [1.807, 2.05) is 32.0 Å². The van der Waals surface area contributed by atoms with Gasteiger partial charge in [-0.3, -0.25) is 4.79 Å². The third kappa shape index (κ3) is 4.38. The molecule has 1 amide bonds. The first-order chi connectivity index (χ1) is 9.95. The second kappa shape index (κ2) is 6.83. The van der Waals surface area contributed by atoms with E-state index in [4.69, 9.17) is 23.2 Å². The Bertz CT molecular complexity index is 671. The molecule has 0 spiro atoms. The Labute approximate surface area is 134 Å². The van der Waals surface area contributed by atoms with Gasteiger partial charge < -0.3 is 10.6 Å². The summed E-state index contributed by atoms with van der Waals surface area (Å²) >= 11 is 11.8. The van der Waals surface area contributed by atoms with E-state index in [0.717, 1.165) is 16.9 Å². The Morgan fingerprint density at radius 3 is 2.48 bits per heavy atom. The second-order valence-corrected chi connectivity index (χ2v) is 5.66. The predicted molar refractivity (Wildman–Crippen MR) is 89.5 cm³/mol. The third-order valence-electron chi connectivity index (χ3n) is 3.03. The molecule has 0 fully saturated rings. The highest BCUT2D eigenvalue weighted by Gasteiger charge is 2.05. The number of rotatable bonds is 4. The van der Waals surface area contributed by atoms with Crippen molar-refractivity contribution in [1.82, 2.24) is 0 Å². The number of carbonyl (C=O) groups excluding carboxylic acids is 1. The van der Waals surface area contributed by atoms with Crippen LogP contribution in [0.2, 0.25) is 10.0 Å². The van der Waals surface area contributed by atoms with E-state index in [9.17, 15) is 4.79 Å². The molecule has 0 heterocycles. The molecule has 2 aromatic rings. The molecule has 0 saturated heterocycles. The van der Waals surface area contributed by atoms with Crippen molar-refractivity contribution in [2.45, 2.75) is 13.8 Å². The third-order valence-corrected chi connectivity index (χ3v) is 3.77. The summed E-state index contributed by atoms with van der Waals surface area (Å²) in [4.78, 5) is 11.9. The number of anilines is 2. The van der Waals surface area contributed by atoms with Crippen LogP contribution in [0.3, 0.4) is 0 Å². The molecule has 3 nitrogen and oxygen atoms in total.